The minimum atomic E-state index is 0.335. The monoisotopic (exact) mass is 282 g/mol. The summed E-state index contributed by atoms with van der Waals surface area (Å²) >= 11 is 11.2. The van der Waals surface area contributed by atoms with Gasteiger partial charge in [0.05, 0.1) is 29.0 Å². The molecule has 3 N–H and O–H groups in total. The van der Waals surface area contributed by atoms with Crippen molar-refractivity contribution in [1.82, 2.24) is 0 Å². The molecule has 2 saturated heterocycles. The molecule has 0 aromatic heterocycles. The first-order valence-electron chi connectivity index (χ1n) is 6.15. The van der Waals surface area contributed by atoms with Crippen molar-refractivity contribution >= 4 is 34.5 Å². The molecule has 2 bridgehead atoms. The van der Waals surface area contributed by atoms with Gasteiger partial charge in [-0.05, 0) is 37.5 Å². The van der Waals surface area contributed by atoms with Crippen LogP contribution in [0, 0.1) is 0 Å². The number of nitrogens with one attached hydrogen (secondary N) is 1. The lowest BCUT2D eigenvalue weighted by Gasteiger charge is -2.22. The van der Waals surface area contributed by atoms with Gasteiger partial charge in [-0.15, -0.1) is 0 Å². The molecule has 2 aliphatic heterocycles. The molecule has 0 spiro atoms. The third kappa shape index (κ3) is 2.20. The Labute approximate surface area is 117 Å². The molecule has 96 valence electrons. The molecule has 3 unspecified atom stereocenters. The molecule has 1 aromatic carbocycles. The topological polar surface area (TPSA) is 47.3 Å². The van der Waals surface area contributed by atoms with Crippen LogP contribution in [0.5, 0.6) is 0 Å². The Morgan fingerprint density at radius 1 is 1.44 bits per heavy atom. The SMILES string of the molecule is NC(=S)c1ccc(NC2CC3CCC2O3)c(Cl)c1. The summed E-state index contributed by atoms with van der Waals surface area (Å²) in [6.45, 7) is 0. The predicted molar refractivity (Wildman–Crippen MR) is 77.3 cm³/mol. The summed E-state index contributed by atoms with van der Waals surface area (Å²) in [6, 6.07) is 6.00. The van der Waals surface area contributed by atoms with Crippen LogP contribution >= 0.6 is 23.8 Å². The molecular weight excluding hydrogens is 268 g/mol. The van der Waals surface area contributed by atoms with Gasteiger partial charge in [0.2, 0.25) is 0 Å². The number of fused-ring (bicyclic) bond motifs is 2. The van der Waals surface area contributed by atoms with Gasteiger partial charge in [0.25, 0.3) is 0 Å². The van der Waals surface area contributed by atoms with Crippen molar-refractivity contribution in [2.75, 3.05) is 5.32 Å². The Morgan fingerprint density at radius 2 is 2.28 bits per heavy atom. The van der Waals surface area contributed by atoms with Crippen LogP contribution in [0.4, 0.5) is 5.69 Å². The molecule has 0 aliphatic carbocycles. The van der Waals surface area contributed by atoms with E-state index in [9.17, 15) is 0 Å². The van der Waals surface area contributed by atoms with Crippen molar-refractivity contribution < 1.29 is 4.74 Å². The number of thiocarbonyl (C=S) groups is 1. The summed E-state index contributed by atoms with van der Waals surface area (Å²) in [5.41, 5.74) is 7.30. The minimum absolute atomic E-state index is 0.335. The van der Waals surface area contributed by atoms with Gasteiger partial charge < -0.3 is 15.8 Å². The summed E-state index contributed by atoms with van der Waals surface area (Å²) in [7, 11) is 0. The molecule has 2 heterocycles. The van der Waals surface area contributed by atoms with Crippen LogP contribution in [0.15, 0.2) is 18.2 Å². The summed E-state index contributed by atoms with van der Waals surface area (Å²) < 4.78 is 5.81. The number of rotatable bonds is 3. The molecule has 0 amide bonds. The fraction of sp³-hybridized carbons (Fsp3) is 0.462. The van der Waals surface area contributed by atoms with E-state index in [1.165, 1.54) is 6.42 Å². The summed E-state index contributed by atoms with van der Waals surface area (Å²) in [4.78, 5) is 0.367. The van der Waals surface area contributed by atoms with Gasteiger partial charge in [0, 0.05) is 5.56 Å². The van der Waals surface area contributed by atoms with Crippen LogP contribution in [-0.4, -0.2) is 23.2 Å². The lowest BCUT2D eigenvalue weighted by atomic mass is 9.95. The summed E-state index contributed by atoms with van der Waals surface area (Å²) in [5.74, 6) is 0. The molecule has 2 aliphatic rings. The van der Waals surface area contributed by atoms with Crippen LogP contribution in [0.2, 0.25) is 5.02 Å². The second kappa shape index (κ2) is 4.68. The first-order valence-corrected chi connectivity index (χ1v) is 6.93. The van der Waals surface area contributed by atoms with Gasteiger partial charge in [-0.2, -0.15) is 0 Å². The van der Waals surface area contributed by atoms with E-state index in [0.29, 0.717) is 28.3 Å². The van der Waals surface area contributed by atoms with Crippen molar-refractivity contribution in [2.24, 2.45) is 5.73 Å². The lowest BCUT2D eigenvalue weighted by molar-refractivity contribution is 0.102. The number of nitrogens with two attached hydrogens (primary N) is 1. The predicted octanol–water partition coefficient (Wildman–Crippen LogP) is 2.71. The fourth-order valence-electron chi connectivity index (χ4n) is 2.77. The summed E-state index contributed by atoms with van der Waals surface area (Å²) in [5, 5.41) is 4.12. The van der Waals surface area contributed by atoms with E-state index in [4.69, 9.17) is 34.3 Å². The molecule has 0 radical (unpaired) electrons. The van der Waals surface area contributed by atoms with Crippen molar-refractivity contribution in [2.45, 2.75) is 37.5 Å². The van der Waals surface area contributed by atoms with E-state index in [1.807, 2.05) is 12.1 Å². The zero-order valence-corrected chi connectivity index (χ0v) is 11.4. The maximum absolute atomic E-state index is 6.24. The van der Waals surface area contributed by atoms with Gasteiger partial charge in [-0.3, -0.25) is 0 Å². The first kappa shape index (κ1) is 12.2. The summed E-state index contributed by atoms with van der Waals surface area (Å²) in [6.07, 6.45) is 4.17. The Bertz CT molecular complexity index is 494. The van der Waals surface area contributed by atoms with Gasteiger partial charge >= 0.3 is 0 Å². The minimum Gasteiger partial charge on any atom is -0.389 e. The molecule has 1 aromatic rings. The number of anilines is 1. The Morgan fingerprint density at radius 3 is 2.83 bits per heavy atom. The Hall–Kier alpha value is -0.840. The van der Waals surface area contributed by atoms with Crippen molar-refractivity contribution in [3.05, 3.63) is 28.8 Å². The Kier molecular flexibility index (Phi) is 3.18. The molecule has 18 heavy (non-hydrogen) atoms. The van der Waals surface area contributed by atoms with Gasteiger partial charge in [0.1, 0.15) is 4.99 Å². The van der Waals surface area contributed by atoms with E-state index in [1.54, 1.807) is 6.07 Å². The molecule has 3 rings (SSSR count). The number of halogens is 1. The number of hydrogen-bond acceptors (Lipinski definition) is 3. The quantitative estimate of drug-likeness (QED) is 0.837. The standard InChI is InChI=1S/C13H15ClN2OS/c14-9-5-7(13(15)18)1-3-10(9)16-11-6-8-2-4-12(11)17-8/h1,3,5,8,11-12,16H,2,4,6H2,(H2,15,18). The normalized spacial score (nSPS) is 29.5. The largest absolute Gasteiger partial charge is 0.389 e. The van der Waals surface area contributed by atoms with E-state index in [2.05, 4.69) is 5.32 Å². The highest BCUT2D eigenvalue weighted by Crippen LogP contribution is 2.37. The fourth-order valence-corrected chi connectivity index (χ4v) is 3.14. The molecule has 3 atom stereocenters. The van der Waals surface area contributed by atoms with E-state index in [-0.39, 0.29) is 0 Å². The highest BCUT2D eigenvalue weighted by atomic mass is 35.5. The molecule has 3 nitrogen and oxygen atoms in total. The van der Waals surface area contributed by atoms with Crippen LogP contribution in [0.25, 0.3) is 0 Å². The molecular formula is C13H15ClN2OS. The van der Waals surface area contributed by atoms with Crippen LogP contribution in [0.1, 0.15) is 24.8 Å². The number of hydrogen-bond donors (Lipinski definition) is 2. The van der Waals surface area contributed by atoms with Gasteiger partial charge in [-0.25, -0.2) is 0 Å². The third-order valence-corrected chi connectivity index (χ3v) is 4.25. The van der Waals surface area contributed by atoms with E-state index in [0.717, 1.165) is 24.1 Å². The van der Waals surface area contributed by atoms with Crippen molar-refractivity contribution in [3.8, 4) is 0 Å². The third-order valence-electron chi connectivity index (χ3n) is 3.70. The van der Waals surface area contributed by atoms with Crippen LogP contribution in [-0.2, 0) is 4.74 Å². The zero-order valence-electron chi connectivity index (χ0n) is 9.86. The smallest absolute Gasteiger partial charge is 0.104 e. The highest BCUT2D eigenvalue weighted by Gasteiger charge is 2.40. The molecule has 0 saturated carbocycles. The van der Waals surface area contributed by atoms with E-state index < -0.39 is 0 Å². The van der Waals surface area contributed by atoms with Crippen molar-refractivity contribution in [1.29, 1.82) is 0 Å². The van der Waals surface area contributed by atoms with Crippen LogP contribution < -0.4 is 11.1 Å². The maximum atomic E-state index is 6.24. The zero-order chi connectivity index (χ0) is 12.7. The second-order valence-corrected chi connectivity index (χ2v) is 5.77. The van der Waals surface area contributed by atoms with Gasteiger partial charge in [0.15, 0.2) is 0 Å². The number of benzene rings is 1. The second-order valence-electron chi connectivity index (χ2n) is 4.92. The highest BCUT2D eigenvalue weighted by molar-refractivity contribution is 7.80. The first-order chi connectivity index (χ1) is 8.63. The Balaban J connectivity index is 1.75. The molecule has 2 fully saturated rings. The average Bonchev–Trinajstić information content (AvgIpc) is 2.93. The average molecular weight is 283 g/mol. The van der Waals surface area contributed by atoms with Crippen LogP contribution in [0.3, 0.4) is 0 Å². The van der Waals surface area contributed by atoms with Crippen molar-refractivity contribution in [3.63, 3.8) is 0 Å². The van der Waals surface area contributed by atoms with E-state index >= 15 is 0 Å². The number of ether oxygens (including phenoxy) is 1. The molecule has 5 heteroatoms. The van der Waals surface area contributed by atoms with Gasteiger partial charge in [-0.1, -0.05) is 23.8 Å². The maximum Gasteiger partial charge on any atom is 0.104 e. The lowest BCUT2D eigenvalue weighted by Crippen LogP contribution is -2.30.